The van der Waals surface area contributed by atoms with E-state index in [2.05, 4.69) is 4.99 Å². The van der Waals surface area contributed by atoms with Gasteiger partial charge in [0.25, 0.3) is 0 Å². The van der Waals surface area contributed by atoms with Crippen LogP contribution in [0.3, 0.4) is 0 Å². The minimum Gasteiger partial charge on any atom is -0.423 e. The molecule has 256 valence electrons. The number of hydrogen-bond acceptors (Lipinski definition) is 6. The first-order valence-corrected chi connectivity index (χ1v) is 15.8. The van der Waals surface area contributed by atoms with Crippen molar-refractivity contribution in [3.63, 3.8) is 0 Å². The van der Waals surface area contributed by atoms with Crippen molar-refractivity contribution < 1.29 is 36.6 Å². The van der Waals surface area contributed by atoms with Crippen LogP contribution < -0.4 is 9.47 Å². The Bertz CT molecular complexity index is 2380. The van der Waals surface area contributed by atoms with E-state index in [1.54, 1.807) is 61.8 Å². The monoisotopic (exact) mass is 698 g/mol. The second-order valence-electron chi connectivity index (χ2n) is 11.6. The van der Waals surface area contributed by atoms with Crippen molar-refractivity contribution in [1.82, 2.24) is 0 Å². The molecule has 0 heterocycles. The highest BCUT2D eigenvalue weighted by atomic mass is 19.1. The molecule has 0 aliphatic carbocycles. The maximum atomic E-state index is 15.0. The maximum absolute atomic E-state index is 15.0. The summed E-state index contributed by atoms with van der Waals surface area (Å²) in [5.41, 5.74) is 2.94. The van der Waals surface area contributed by atoms with Gasteiger partial charge < -0.3 is 9.47 Å². The Morgan fingerprint density at radius 3 is 1.48 bits per heavy atom. The van der Waals surface area contributed by atoms with E-state index in [9.17, 15) is 18.4 Å². The third-order valence-corrected chi connectivity index (χ3v) is 8.04. The van der Waals surface area contributed by atoms with E-state index in [0.717, 1.165) is 29.8 Å². The fraction of sp³-hybridized carbons (Fsp3) is 0.0476. The number of hydrogen-bond donors (Lipinski definition) is 0. The van der Waals surface area contributed by atoms with Crippen LogP contribution in [0.5, 0.6) is 11.5 Å². The predicted molar refractivity (Wildman–Crippen MR) is 187 cm³/mol. The molecule has 0 aliphatic heterocycles. The molecule has 0 N–H and O–H groups in total. The van der Waals surface area contributed by atoms with Gasteiger partial charge in [-0.2, -0.15) is 5.26 Å². The lowest BCUT2D eigenvalue weighted by Gasteiger charge is -2.10. The van der Waals surface area contributed by atoms with Crippen LogP contribution in [-0.4, -0.2) is 25.2 Å². The highest BCUT2D eigenvalue weighted by molar-refractivity contribution is 5.92. The molecule has 0 aliphatic rings. The van der Waals surface area contributed by atoms with Crippen LogP contribution >= 0.6 is 0 Å². The fourth-order valence-electron chi connectivity index (χ4n) is 5.44. The number of benzene rings is 6. The Hall–Kier alpha value is -6.86. The summed E-state index contributed by atoms with van der Waals surface area (Å²) in [6.07, 6.45) is 1.72. The molecular weight excluding hydrogens is 672 g/mol. The van der Waals surface area contributed by atoms with Gasteiger partial charge in [-0.3, -0.25) is 4.99 Å². The summed E-state index contributed by atoms with van der Waals surface area (Å²) >= 11 is 0. The Morgan fingerprint density at radius 2 is 1.08 bits per heavy atom. The Morgan fingerprint density at radius 1 is 0.615 bits per heavy atom. The Balaban J connectivity index is 1.08. The van der Waals surface area contributed by atoms with Crippen LogP contribution in [0, 0.1) is 34.6 Å². The Kier molecular flexibility index (Phi) is 10.3. The van der Waals surface area contributed by atoms with Crippen LogP contribution in [0.1, 0.15) is 43.0 Å². The Labute approximate surface area is 295 Å². The smallest absolute Gasteiger partial charge is 0.346 e. The van der Waals surface area contributed by atoms with Crippen molar-refractivity contribution in [2.45, 2.75) is 6.42 Å². The second kappa shape index (κ2) is 15.4. The largest absolute Gasteiger partial charge is 0.423 e. The summed E-state index contributed by atoms with van der Waals surface area (Å²) in [6, 6.07) is 30.5. The number of esters is 2. The van der Waals surface area contributed by atoms with Gasteiger partial charge in [0.15, 0.2) is 0 Å². The summed E-state index contributed by atoms with van der Waals surface area (Å²) in [6.45, 7) is 0. The molecule has 6 aromatic rings. The van der Waals surface area contributed by atoms with Crippen LogP contribution in [0.4, 0.5) is 17.6 Å². The van der Waals surface area contributed by atoms with Gasteiger partial charge in [0, 0.05) is 36.5 Å². The summed E-state index contributed by atoms with van der Waals surface area (Å²) < 4.78 is 70.2. The van der Waals surface area contributed by atoms with Crippen LogP contribution in [0.2, 0.25) is 0 Å². The fourth-order valence-corrected chi connectivity index (χ4v) is 5.44. The van der Waals surface area contributed by atoms with Gasteiger partial charge in [0.05, 0.1) is 22.8 Å². The number of nitrogens with zero attached hydrogens (tertiary/aromatic N) is 2. The average Bonchev–Trinajstić information content (AvgIpc) is 3.12. The van der Waals surface area contributed by atoms with E-state index < -0.39 is 40.8 Å². The van der Waals surface area contributed by atoms with Crippen molar-refractivity contribution in [2.24, 2.45) is 4.99 Å². The number of rotatable bonds is 9. The third kappa shape index (κ3) is 7.95. The first-order chi connectivity index (χ1) is 25.1. The molecule has 0 unspecified atom stereocenters. The number of halogens is 4. The molecule has 0 saturated heterocycles. The van der Waals surface area contributed by atoms with Crippen LogP contribution in [0.25, 0.3) is 22.3 Å². The van der Waals surface area contributed by atoms with Gasteiger partial charge in [-0.05, 0) is 94.9 Å². The average molecular weight is 699 g/mol. The summed E-state index contributed by atoms with van der Waals surface area (Å²) in [4.78, 5) is 29.4. The lowest BCUT2D eigenvalue weighted by molar-refractivity contribution is 0.0719. The quantitative estimate of drug-likeness (QED) is 0.0650. The molecule has 52 heavy (non-hydrogen) atoms. The van der Waals surface area contributed by atoms with E-state index in [-0.39, 0.29) is 29.0 Å². The summed E-state index contributed by atoms with van der Waals surface area (Å²) in [5, 5.41) is 8.95. The zero-order valence-electron chi connectivity index (χ0n) is 27.4. The topological polar surface area (TPSA) is 88.8 Å². The molecule has 0 radical (unpaired) electrons. The molecule has 0 aromatic heterocycles. The van der Waals surface area contributed by atoms with Crippen molar-refractivity contribution in [3.05, 3.63) is 178 Å². The summed E-state index contributed by atoms with van der Waals surface area (Å²) in [7, 11) is 1.65. The molecule has 0 atom stereocenters. The molecule has 6 aromatic carbocycles. The zero-order valence-corrected chi connectivity index (χ0v) is 27.4. The van der Waals surface area contributed by atoms with Gasteiger partial charge in [-0.15, -0.1) is 0 Å². The van der Waals surface area contributed by atoms with Crippen molar-refractivity contribution >= 4 is 18.2 Å². The standard InChI is InChI=1S/C42H26F4N2O4/c1-48-24-26-4-10-30(11-5-26)34-17-13-32(22-40(34)46)52-42(50)36-15-7-28(20-38(36)44)18-27-6-14-35(37(43)19-27)41(49)51-31-12-16-33(39(45)21-31)29-8-2-25(23-47)3-9-29/h2-17,19-22,24H,18H2,1H3. The van der Waals surface area contributed by atoms with Crippen LogP contribution in [0.15, 0.2) is 126 Å². The number of aliphatic imine (C=N–C) groups is 1. The molecule has 0 amide bonds. The van der Waals surface area contributed by atoms with Gasteiger partial charge >= 0.3 is 11.9 Å². The number of carbonyl (C=O) groups excluding carboxylic acids is 2. The normalized spacial score (nSPS) is 10.9. The second-order valence-corrected chi connectivity index (χ2v) is 11.6. The van der Waals surface area contributed by atoms with Crippen molar-refractivity contribution in [2.75, 3.05) is 7.05 Å². The van der Waals surface area contributed by atoms with E-state index in [1.165, 1.54) is 48.5 Å². The molecule has 0 fully saturated rings. The van der Waals surface area contributed by atoms with E-state index >= 15 is 8.78 Å². The first kappa shape index (κ1) is 35.0. The van der Waals surface area contributed by atoms with Gasteiger partial charge in [0.2, 0.25) is 0 Å². The van der Waals surface area contributed by atoms with Gasteiger partial charge in [0.1, 0.15) is 34.8 Å². The molecule has 0 spiro atoms. The lowest BCUT2D eigenvalue weighted by atomic mass is 10.0. The highest BCUT2D eigenvalue weighted by Gasteiger charge is 2.19. The maximum Gasteiger partial charge on any atom is 0.346 e. The molecule has 6 nitrogen and oxygen atoms in total. The SMILES string of the molecule is CN=Cc1ccc(-c2ccc(OC(=O)c3ccc(Cc4ccc(C(=O)Oc5ccc(-c6ccc(C#N)cc6)c(F)c5)c(F)c4)cc3F)cc2F)cc1. The van der Waals surface area contributed by atoms with Crippen molar-refractivity contribution in [1.29, 1.82) is 5.26 Å². The number of nitriles is 1. The number of ether oxygens (including phenoxy) is 2. The van der Waals surface area contributed by atoms with Crippen LogP contribution in [-0.2, 0) is 6.42 Å². The zero-order chi connectivity index (χ0) is 36.8. The third-order valence-electron chi connectivity index (χ3n) is 8.04. The highest BCUT2D eigenvalue weighted by Crippen LogP contribution is 2.29. The van der Waals surface area contributed by atoms with E-state index in [0.29, 0.717) is 33.4 Å². The minimum absolute atomic E-state index is 0.0550. The van der Waals surface area contributed by atoms with Gasteiger partial charge in [-0.1, -0.05) is 48.5 Å². The van der Waals surface area contributed by atoms with Gasteiger partial charge in [-0.25, -0.2) is 27.2 Å². The number of carbonyl (C=O) groups is 2. The first-order valence-electron chi connectivity index (χ1n) is 15.8. The molecule has 10 heteroatoms. The van der Waals surface area contributed by atoms with Crippen molar-refractivity contribution in [3.8, 4) is 39.8 Å². The molecule has 0 bridgehead atoms. The molecular formula is C42H26F4N2O4. The van der Waals surface area contributed by atoms with E-state index in [1.807, 2.05) is 6.07 Å². The molecule has 6 rings (SSSR count). The minimum atomic E-state index is -1.05. The van der Waals surface area contributed by atoms with E-state index in [4.69, 9.17) is 14.7 Å². The molecule has 0 saturated carbocycles. The lowest BCUT2D eigenvalue weighted by Crippen LogP contribution is -2.12. The summed E-state index contributed by atoms with van der Waals surface area (Å²) in [5.74, 6) is -5.43. The predicted octanol–water partition coefficient (Wildman–Crippen LogP) is 9.53.